The Morgan fingerprint density at radius 3 is 2.58 bits per heavy atom. The van der Waals surface area contributed by atoms with Gasteiger partial charge in [-0.25, -0.2) is 4.79 Å². The Morgan fingerprint density at radius 1 is 1.24 bits per heavy atom. The van der Waals surface area contributed by atoms with Crippen LogP contribution in [0.3, 0.4) is 0 Å². The average molecular weight is 447 g/mol. The zero-order valence-electron chi connectivity index (χ0n) is 19.5. The molecule has 1 aromatic carbocycles. The number of carbonyl (C=O) groups is 2. The minimum absolute atomic E-state index is 0.235. The number of benzene rings is 1. The van der Waals surface area contributed by atoms with Crippen LogP contribution in [0, 0.1) is 17.2 Å². The van der Waals surface area contributed by atoms with Crippen LogP contribution in [0.5, 0.6) is 0 Å². The lowest BCUT2D eigenvalue weighted by Crippen LogP contribution is -2.34. The standard InChI is InChI=1S/C26H30N4O3/c1-7-9-22(30-25(32)33-26(4,5)6)20-13-19(15-28-16-20)21-11-10-18(14-27)12-23(21)29-24(31)17(3)8-2/h7-8,10-13,15-17,22H,1-2,9H2,3-6H3,(H,29,31)(H,30,32)/t17-,22+/m1/s1. The number of alkyl carbamates (subject to hydrolysis) is 1. The number of ether oxygens (including phenoxy) is 1. The monoisotopic (exact) mass is 446 g/mol. The van der Waals surface area contributed by atoms with Gasteiger partial charge in [-0.15, -0.1) is 13.2 Å². The third kappa shape index (κ3) is 7.32. The highest BCUT2D eigenvalue weighted by Crippen LogP contribution is 2.31. The van der Waals surface area contributed by atoms with Crippen LogP contribution in [-0.2, 0) is 9.53 Å². The summed E-state index contributed by atoms with van der Waals surface area (Å²) in [5.41, 5.74) is 2.45. The van der Waals surface area contributed by atoms with E-state index in [2.05, 4.69) is 34.8 Å². The van der Waals surface area contributed by atoms with Gasteiger partial charge in [0.1, 0.15) is 5.60 Å². The second-order valence-corrected chi connectivity index (χ2v) is 8.62. The predicted octanol–water partition coefficient (Wildman–Crippen LogP) is 5.52. The lowest BCUT2D eigenvalue weighted by atomic mass is 9.98. The fourth-order valence-electron chi connectivity index (χ4n) is 3.01. The van der Waals surface area contributed by atoms with Crippen molar-refractivity contribution >= 4 is 17.7 Å². The molecule has 7 nitrogen and oxygen atoms in total. The van der Waals surface area contributed by atoms with E-state index in [9.17, 15) is 14.9 Å². The second kappa shape index (κ2) is 11.1. The molecule has 2 amide bonds. The Hall–Kier alpha value is -3.92. The Labute approximate surface area is 195 Å². The maximum atomic E-state index is 12.5. The molecule has 0 aliphatic carbocycles. The molecule has 33 heavy (non-hydrogen) atoms. The third-order valence-electron chi connectivity index (χ3n) is 4.74. The summed E-state index contributed by atoms with van der Waals surface area (Å²) >= 11 is 0. The number of hydrogen-bond acceptors (Lipinski definition) is 5. The highest BCUT2D eigenvalue weighted by Gasteiger charge is 2.21. The van der Waals surface area contributed by atoms with Crippen molar-refractivity contribution in [3.63, 3.8) is 0 Å². The number of aromatic nitrogens is 1. The highest BCUT2D eigenvalue weighted by molar-refractivity contribution is 5.97. The molecule has 2 N–H and O–H groups in total. The van der Waals surface area contributed by atoms with Crippen molar-refractivity contribution in [3.05, 3.63) is 73.1 Å². The number of rotatable bonds is 8. The minimum atomic E-state index is -0.624. The molecule has 0 radical (unpaired) electrons. The molecule has 0 fully saturated rings. The lowest BCUT2D eigenvalue weighted by Gasteiger charge is -2.23. The van der Waals surface area contributed by atoms with E-state index in [1.54, 1.807) is 70.4 Å². The van der Waals surface area contributed by atoms with Crippen LogP contribution in [0.4, 0.5) is 10.5 Å². The van der Waals surface area contributed by atoms with Crippen molar-refractivity contribution in [1.82, 2.24) is 10.3 Å². The van der Waals surface area contributed by atoms with Gasteiger partial charge in [0.25, 0.3) is 0 Å². The van der Waals surface area contributed by atoms with Crippen molar-refractivity contribution in [3.8, 4) is 17.2 Å². The van der Waals surface area contributed by atoms with Gasteiger partial charge in [0.05, 0.1) is 23.6 Å². The molecule has 0 saturated heterocycles. The largest absolute Gasteiger partial charge is 0.444 e. The first-order valence-electron chi connectivity index (χ1n) is 10.6. The lowest BCUT2D eigenvalue weighted by molar-refractivity contribution is -0.118. The van der Waals surface area contributed by atoms with Crippen LogP contribution in [0.2, 0.25) is 0 Å². The number of nitrogens with one attached hydrogen (secondary N) is 2. The van der Waals surface area contributed by atoms with E-state index in [0.29, 0.717) is 23.2 Å². The summed E-state index contributed by atoms with van der Waals surface area (Å²) in [7, 11) is 0. The van der Waals surface area contributed by atoms with Gasteiger partial charge in [0, 0.05) is 29.2 Å². The summed E-state index contributed by atoms with van der Waals surface area (Å²) in [5.74, 6) is -0.635. The zero-order chi connectivity index (χ0) is 24.6. The summed E-state index contributed by atoms with van der Waals surface area (Å²) in [4.78, 5) is 29.1. The summed E-state index contributed by atoms with van der Waals surface area (Å²) in [6.45, 7) is 14.6. The predicted molar refractivity (Wildman–Crippen MR) is 129 cm³/mol. The first-order chi connectivity index (χ1) is 15.6. The molecule has 2 aromatic rings. The third-order valence-corrected chi connectivity index (χ3v) is 4.74. The van der Waals surface area contributed by atoms with E-state index in [1.807, 2.05) is 6.07 Å². The SMILES string of the molecule is C=CC[C@H](NC(=O)OC(C)(C)C)c1cncc(-c2ccc(C#N)cc2NC(=O)[C@H](C)C=C)c1. The first kappa shape index (κ1) is 25.3. The van der Waals surface area contributed by atoms with Crippen LogP contribution in [-0.4, -0.2) is 22.6 Å². The molecule has 7 heteroatoms. The zero-order valence-corrected chi connectivity index (χ0v) is 19.5. The van der Waals surface area contributed by atoms with Crippen LogP contribution in [0.1, 0.15) is 51.3 Å². The molecule has 0 aliphatic heterocycles. The minimum Gasteiger partial charge on any atom is -0.444 e. The first-order valence-corrected chi connectivity index (χ1v) is 10.6. The maximum Gasteiger partial charge on any atom is 0.408 e. The number of nitriles is 1. The van der Waals surface area contributed by atoms with E-state index in [4.69, 9.17) is 4.74 Å². The highest BCUT2D eigenvalue weighted by atomic mass is 16.6. The van der Waals surface area contributed by atoms with Gasteiger partial charge in [-0.1, -0.05) is 25.1 Å². The van der Waals surface area contributed by atoms with Gasteiger partial charge in [-0.3, -0.25) is 9.78 Å². The number of anilines is 1. The molecule has 1 heterocycles. The van der Waals surface area contributed by atoms with E-state index in [1.165, 1.54) is 0 Å². The molecule has 1 aromatic heterocycles. The number of carbonyl (C=O) groups excluding carboxylic acids is 2. The molecule has 2 rings (SSSR count). The van der Waals surface area contributed by atoms with E-state index >= 15 is 0 Å². The summed E-state index contributed by atoms with van der Waals surface area (Å²) in [6, 6.07) is 8.63. The normalized spacial score (nSPS) is 12.6. The molecule has 0 aliphatic rings. The number of pyridine rings is 1. The molecular weight excluding hydrogens is 416 g/mol. The van der Waals surface area contributed by atoms with Crippen molar-refractivity contribution in [2.24, 2.45) is 5.92 Å². The molecule has 2 atom stereocenters. The molecule has 0 spiro atoms. The van der Waals surface area contributed by atoms with Crippen molar-refractivity contribution < 1.29 is 14.3 Å². The molecule has 0 saturated carbocycles. The topological polar surface area (TPSA) is 104 Å². The van der Waals surface area contributed by atoms with Crippen LogP contribution in [0.25, 0.3) is 11.1 Å². The van der Waals surface area contributed by atoms with Crippen molar-refractivity contribution in [1.29, 1.82) is 5.26 Å². The van der Waals surface area contributed by atoms with Gasteiger partial charge in [0.2, 0.25) is 5.91 Å². The van der Waals surface area contributed by atoms with E-state index in [0.717, 1.165) is 11.1 Å². The van der Waals surface area contributed by atoms with Gasteiger partial charge in [0.15, 0.2) is 0 Å². The maximum absolute atomic E-state index is 12.5. The van der Waals surface area contributed by atoms with Gasteiger partial charge < -0.3 is 15.4 Å². The fourth-order valence-corrected chi connectivity index (χ4v) is 3.01. The van der Waals surface area contributed by atoms with Gasteiger partial charge >= 0.3 is 6.09 Å². The van der Waals surface area contributed by atoms with Crippen molar-refractivity contribution in [2.75, 3.05) is 5.32 Å². The average Bonchev–Trinajstić information content (AvgIpc) is 2.76. The van der Waals surface area contributed by atoms with E-state index < -0.39 is 23.7 Å². The summed E-state index contributed by atoms with van der Waals surface area (Å²) in [5, 5.41) is 15.0. The second-order valence-electron chi connectivity index (χ2n) is 8.62. The summed E-state index contributed by atoms with van der Waals surface area (Å²) in [6.07, 6.45) is 6.52. The molecule has 0 bridgehead atoms. The van der Waals surface area contributed by atoms with Crippen LogP contribution < -0.4 is 10.6 Å². The Kier molecular flexibility index (Phi) is 8.52. The summed E-state index contributed by atoms with van der Waals surface area (Å²) < 4.78 is 5.38. The van der Waals surface area contributed by atoms with Crippen molar-refractivity contribution in [2.45, 2.75) is 45.8 Å². The molecule has 0 unspecified atom stereocenters. The smallest absolute Gasteiger partial charge is 0.408 e. The number of nitrogens with zero attached hydrogens (tertiary/aromatic N) is 2. The molecular formula is C26H30N4O3. The van der Waals surface area contributed by atoms with Crippen LogP contribution >= 0.6 is 0 Å². The van der Waals surface area contributed by atoms with E-state index in [-0.39, 0.29) is 5.91 Å². The molecule has 172 valence electrons. The Balaban J connectivity index is 2.43. The number of hydrogen-bond donors (Lipinski definition) is 2. The Morgan fingerprint density at radius 2 is 1.97 bits per heavy atom. The quantitative estimate of drug-likeness (QED) is 0.519. The van der Waals surface area contributed by atoms with Crippen LogP contribution in [0.15, 0.2) is 62.0 Å². The van der Waals surface area contributed by atoms with Gasteiger partial charge in [-0.2, -0.15) is 5.26 Å². The number of amides is 2. The fraction of sp³-hybridized carbons (Fsp3) is 0.308. The Bertz CT molecular complexity index is 1080. The van der Waals surface area contributed by atoms with Gasteiger partial charge in [-0.05, 0) is 51.0 Å².